The maximum Gasteiger partial charge on any atom is 0.225 e. The molecule has 2 N–H and O–H groups in total. The lowest BCUT2D eigenvalue weighted by atomic mass is 9.84. The first-order chi connectivity index (χ1) is 14.1. The molecule has 0 aromatic heterocycles. The molecule has 0 spiro atoms. The minimum Gasteiger partial charge on any atom is -0.359 e. The lowest BCUT2D eigenvalue weighted by Crippen LogP contribution is -2.53. The number of rotatable bonds is 6. The third kappa shape index (κ3) is 6.07. The fraction of sp³-hybridized carbons (Fsp3) is 0.857. The van der Waals surface area contributed by atoms with Gasteiger partial charge in [0.1, 0.15) is 0 Å². The summed E-state index contributed by atoms with van der Waals surface area (Å²) in [5, 5.41) is 6.22. The molecule has 8 nitrogen and oxygen atoms in total. The highest BCUT2D eigenvalue weighted by Crippen LogP contribution is 2.28. The molecule has 2 saturated heterocycles. The second-order valence-corrected chi connectivity index (χ2v) is 8.58. The standard InChI is InChI=1S/C21H38N6O2/c1-22-19(28)16-17-6-9-27(10-7-17)21(23-2)24-8-11-25-12-14-26(15-13-25)20(29)18-4-3-5-18/h17-18H,3-16H2,1-2H3,(H,22,28)(H,23,24). The summed E-state index contributed by atoms with van der Waals surface area (Å²) in [7, 11) is 3.54. The van der Waals surface area contributed by atoms with Crippen molar-refractivity contribution in [1.29, 1.82) is 0 Å². The molecule has 29 heavy (non-hydrogen) atoms. The van der Waals surface area contributed by atoms with Gasteiger partial charge in [0.2, 0.25) is 11.8 Å². The third-order valence-corrected chi connectivity index (χ3v) is 6.73. The smallest absolute Gasteiger partial charge is 0.225 e. The van der Waals surface area contributed by atoms with E-state index in [4.69, 9.17) is 0 Å². The van der Waals surface area contributed by atoms with Crippen LogP contribution in [0, 0.1) is 11.8 Å². The summed E-state index contributed by atoms with van der Waals surface area (Å²) >= 11 is 0. The molecule has 1 aliphatic carbocycles. The van der Waals surface area contributed by atoms with Gasteiger partial charge < -0.3 is 20.4 Å². The Hall–Kier alpha value is -1.83. The first-order valence-electron chi connectivity index (χ1n) is 11.3. The number of piperidine rings is 1. The summed E-state index contributed by atoms with van der Waals surface area (Å²) in [5.41, 5.74) is 0. The van der Waals surface area contributed by atoms with E-state index in [0.29, 0.717) is 24.2 Å². The summed E-state index contributed by atoms with van der Waals surface area (Å²) < 4.78 is 0. The molecule has 2 heterocycles. The van der Waals surface area contributed by atoms with Crippen molar-refractivity contribution in [3.8, 4) is 0 Å². The summed E-state index contributed by atoms with van der Waals surface area (Å²) in [5.74, 6) is 2.27. The number of amides is 2. The van der Waals surface area contributed by atoms with Gasteiger partial charge in [0, 0.05) is 78.8 Å². The van der Waals surface area contributed by atoms with Crippen molar-refractivity contribution in [2.75, 3.05) is 66.5 Å². The van der Waals surface area contributed by atoms with E-state index >= 15 is 0 Å². The fourth-order valence-electron chi connectivity index (χ4n) is 4.48. The predicted octanol–water partition coefficient (Wildman–Crippen LogP) is 0.354. The zero-order valence-electron chi connectivity index (χ0n) is 18.2. The van der Waals surface area contributed by atoms with Crippen LogP contribution in [0.15, 0.2) is 4.99 Å². The summed E-state index contributed by atoms with van der Waals surface area (Å²) in [6, 6.07) is 0. The molecule has 0 atom stereocenters. The van der Waals surface area contributed by atoms with Gasteiger partial charge in [0.05, 0.1) is 0 Å². The second kappa shape index (κ2) is 10.8. The van der Waals surface area contributed by atoms with Crippen LogP contribution >= 0.6 is 0 Å². The highest BCUT2D eigenvalue weighted by Gasteiger charge is 2.31. The number of nitrogens with zero attached hydrogens (tertiary/aromatic N) is 4. The highest BCUT2D eigenvalue weighted by atomic mass is 16.2. The van der Waals surface area contributed by atoms with Crippen LogP contribution in [-0.4, -0.2) is 98.9 Å². The van der Waals surface area contributed by atoms with Gasteiger partial charge in [0.25, 0.3) is 0 Å². The number of guanidine groups is 1. The van der Waals surface area contributed by atoms with Gasteiger partial charge in [-0.3, -0.25) is 19.5 Å². The Kier molecular flexibility index (Phi) is 8.15. The number of carbonyl (C=O) groups excluding carboxylic acids is 2. The average molecular weight is 407 g/mol. The second-order valence-electron chi connectivity index (χ2n) is 8.58. The summed E-state index contributed by atoms with van der Waals surface area (Å²) in [6.07, 6.45) is 6.09. The minimum atomic E-state index is 0.139. The number of hydrogen-bond donors (Lipinski definition) is 2. The molecule has 8 heteroatoms. The first-order valence-corrected chi connectivity index (χ1v) is 11.3. The van der Waals surface area contributed by atoms with Crippen LogP contribution in [0.4, 0.5) is 0 Å². The van der Waals surface area contributed by atoms with Gasteiger partial charge in [-0.2, -0.15) is 0 Å². The van der Waals surface area contributed by atoms with E-state index in [0.717, 1.165) is 84.0 Å². The van der Waals surface area contributed by atoms with Crippen LogP contribution in [0.1, 0.15) is 38.5 Å². The fourth-order valence-corrected chi connectivity index (χ4v) is 4.48. The van der Waals surface area contributed by atoms with Crippen LogP contribution in [-0.2, 0) is 9.59 Å². The third-order valence-electron chi connectivity index (χ3n) is 6.73. The molecule has 0 radical (unpaired) electrons. The van der Waals surface area contributed by atoms with Gasteiger partial charge in [0.15, 0.2) is 5.96 Å². The van der Waals surface area contributed by atoms with Crippen molar-refractivity contribution in [2.24, 2.45) is 16.8 Å². The minimum absolute atomic E-state index is 0.139. The van der Waals surface area contributed by atoms with E-state index in [-0.39, 0.29) is 5.91 Å². The molecule has 1 saturated carbocycles. The lowest BCUT2D eigenvalue weighted by molar-refractivity contribution is -0.139. The average Bonchev–Trinajstić information content (AvgIpc) is 2.71. The largest absolute Gasteiger partial charge is 0.359 e. The van der Waals surface area contributed by atoms with Gasteiger partial charge in [-0.05, 0) is 31.6 Å². The Morgan fingerprint density at radius 1 is 0.966 bits per heavy atom. The maximum absolute atomic E-state index is 12.4. The predicted molar refractivity (Wildman–Crippen MR) is 115 cm³/mol. The molecule has 0 aromatic rings. The highest BCUT2D eigenvalue weighted by molar-refractivity contribution is 5.80. The summed E-state index contributed by atoms with van der Waals surface area (Å²) in [6.45, 7) is 7.38. The number of nitrogens with one attached hydrogen (secondary N) is 2. The van der Waals surface area contributed by atoms with Crippen molar-refractivity contribution in [3.05, 3.63) is 0 Å². The number of aliphatic imine (C=N–C) groups is 1. The van der Waals surface area contributed by atoms with Crippen molar-refractivity contribution < 1.29 is 9.59 Å². The van der Waals surface area contributed by atoms with E-state index in [1.54, 1.807) is 7.05 Å². The van der Waals surface area contributed by atoms with Gasteiger partial charge in [-0.1, -0.05) is 6.42 Å². The van der Waals surface area contributed by atoms with Crippen LogP contribution < -0.4 is 10.6 Å². The zero-order valence-corrected chi connectivity index (χ0v) is 18.2. The van der Waals surface area contributed by atoms with Crippen molar-refractivity contribution in [3.63, 3.8) is 0 Å². The molecule has 3 fully saturated rings. The molecular formula is C21H38N6O2. The van der Waals surface area contributed by atoms with Crippen LogP contribution in [0.5, 0.6) is 0 Å². The van der Waals surface area contributed by atoms with E-state index < -0.39 is 0 Å². The molecule has 2 aliphatic heterocycles. The van der Waals surface area contributed by atoms with Crippen LogP contribution in [0.25, 0.3) is 0 Å². The number of piperazine rings is 1. The van der Waals surface area contributed by atoms with E-state index in [9.17, 15) is 9.59 Å². The summed E-state index contributed by atoms with van der Waals surface area (Å²) in [4.78, 5) is 35.2. The molecule has 0 bridgehead atoms. The lowest BCUT2D eigenvalue weighted by Gasteiger charge is -2.38. The first kappa shape index (κ1) is 21.9. The molecule has 3 rings (SSSR count). The quantitative estimate of drug-likeness (QED) is 0.492. The Labute approximate surface area is 175 Å². The molecule has 0 aromatic carbocycles. The van der Waals surface area contributed by atoms with Crippen molar-refractivity contribution >= 4 is 17.8 Å². The van der Waals surface area contributed by atoms with Crippen LogP contribution in [0.3, 0.4) is 0 Å². The Morgan fingerprint density at radius 3 is 2.21 bits per heavy atom. The van der Waals surface area contributed by atoms with E-state index in [1.165, 1.54) is 6.42 Å². The Balaban J connectivity index is 1.31. The molecule has 2 amide bonds. The van der Waals surface area contributed by atoms with Crippen LogP contribution in [0.2, 0.25) is 0 Å². The van der Waals surface area contributed by atoms with E-state index in [1.807, 2.05) is 7.05 Å². The monoisotopic (exact) mass is 406 g/mol. The molecule has 0 unspecified atom stereocenters. The maximum atomic E-state index is 12.4. The van der Waals surface area contributed by atoms with E-state index in [2.05, 4.69) is 30.3 Å². The Bertz CT molecular complexity index is 576. The number of hydrogen-bond acceptors (Lipinski definition) is 4. The zero-order chi connectivity index (χ0) is 20.6. The molecular weight excluding hydrogens is 368 g/mol. The normalized spacial score (nSPS) is 22.3. The SMILES string of the molecule is CN=C(NCCN1CCN(C(=O)C2CCC2)CC1)N1CCC(CC(=O)NC)CC1. The number of likely N-dealkylation sites (tertiary alicyclic amines) is 1. The van der Waals surface area contributed by atoms with Gasteiger partial charge in [-0.25, -0.2) is 0 Å². The van der Waals surface area contributed by atoms with Gasteiger partial charge >= 0.3 is 0 Å². The molecule has 164 valence electrons. The molecule has 3 aliphatic rings. The Morgan fingerprint density at radius 2 is 1.66 bits per heavy atom. The topological polar surface area (TPSA) is 80.3 Å². The number of carbonyl (C=O) groups is 2. The van der Waals surface area contributed by atoms with Gasteiger partial charge in [-0.15, -0.1) is 0 Å². The van der Waals surface area contributed by atoms with Crippen molar-refractivity contribution in [2.45, 2.75) is 38.5 Å². The van der Waals surface area contributed by atoms with Crippen molar-refractivity contribution in [1.82, 2.24) is 25.3 Å².